The van der Waals surface area contributed by atoms with Crippen LogP contribution in [-0.2, 0) is 4.74 Å². The molecule has 0 fully saturated rings. The molecule has 13 heavy (non-hydrogen) atoms. The molecule has 0 heterocycles. The van der Waals surface area contributed by atoms with Crippen LogP contribution in [0, 0.1) is 0 Å². The van der Waals surface area contributed by atoms with Gasteiger partial charge in [-0.2, -0.15) is 0 Å². The highest BCUT2D eigenvalue weighted by Crippen LogP contribution is 2.13. The predicted octanol–water partition coefficient (Wildman–Crippen LogP) is 1.16. The Morgan fingerprint density at radius 3 is 2.46 bits per heavy atom. The van der Waals surface area contributed by atoms with E-state index in [1.807, 2.05) is 27.7 Å². The van der Waals surface area contributed by atoms with Crippen LogP contribution in [0.15, 0.2) is 0 Å². The summed E-state index contributed by atoms with van der Waals surface area (Å²) in [5, 5.41) is 12.5. The van der Waals surface area contributed by atoms with Crippen molar-refractivity contribution in [2.45, 2.75) is 45.8 Å². The predicted molar refractivity (Wildman–Crippen MR) is 54.9 cm³/mol. The number of likely N-dealkylation sites (N-methyl/N-ethyl adjacent to an activating group) is 1. The van der Waals surface area contributed by atoms with Crippen molar-refractivity contribution in [3.05, 3.63) is 0 Å². The van der Waals surface area contributed by atoms with Gasteiger partial charge in [0.2, 0.25) is 0 Å². The number of ether oxygens (including phenoxy) is 1. The lowest BCUT2D eigenvalue weighted by Gasteiger charge is -2.31. The van der Waals surface area contributed by atoms with Crippen molar-refractivity contribution in [1.82, 2.24) is 5.32 Å². The van der Waals surface area contributed by atoms with Gasteiger partial charge in [-0.3, -0.25) is 0 Å². The van der Waals surface area contributed by atoms with Crippen molar-refractivity contribution in [1.29, 1.82) is 0 Å². The molecule has 0 spiro atoms. The lowest BCUT2D eigenvalue weighted by Crippen LogP contribution is -2.47. The Balaban J connectivity index is 3.93. The molecule has 2 unspecified atom stereocenters. The minimum atomic E-state index is -0.205. The smallest absolute Gasteiger partial charge is 0.0611 e. The molecule has 0 aromatic rings. The highest BCUT2D eigenvalue weighted by atomic mass is 16.5. The van der Waals surface area contributed by atoms with Crippen molar-refractivity contribution in [3.63, 3.8) is 0 Å². The highest BCUT2D eigenvalue weighted by molar-refractivity contribution is 4.83. The van der Waals surface area contributed by atoms with Crippen molar-refractivity contribution < 1.29 is 9.84 Å². The largest absolute Gasteiger partial charge is 0.394 e. The molecule has 0 radical (unpaired) electrons. The van der Waals surface area contributed by atoms with E-state index < -0.39 is 0 Å². The molecular weight excluding hydrogens is 166 g/mol. The fraction of sp³-hybridized carbons (Fsp3) is 1.00. The third-order valence-corrected chi connectivity index (χ3v) is 2.14. The van der Waals surface area contributed by atoms with E-state index in [1.165, 1.54) is 0 Å². The average molecular weight is 189 g/mol. The van der Waals surface area contributed by atoms with E-state index in [-0.39, 0.29) is 18.2 Å². The molecule has 2 N–H and O–H groups in total. The molecule has 0 saturated carbocycles. The second kappa shape index (κ2) is 6.35. The van der Waals surface area contributed by atoms with Gasteiger partial charge in [0.05, 0.1) is 12.7 Å². The standard InChI is InChI=1S/C10H23NO2/c1-5-11-10(4,8-12)7-9(3)13-6-2/h9,11-12H,5-8H2,1-4H3. The van der Waals surface area contributed by atoms with Crippen LogP contribution in [0.2, 0.25) is 0 Å². The summed E-state index contributed by atoms with van der Waals surface area (Å²) >= 11 is 0. The first-order chi connectivity index (χ1) is 6.08. The van der Waals surface area contributed by atoms with E-state index in [9.17, 15) is 5.11 Å². The Hall–Kier alpha value is -0.120. The Morgan fingerprint density at radius 1 is 1.46 bits per heavy atom. The van der Waals surface area contributed by atoms with E-state index in [4.69, 9.17) is 4.74 Å². The number of aliphatic hydroxyl groups excluding tert-OH is 1. The summed E-state index contributed by atoms with van der Waals surface area (Å²) in [4.78, 5) is 0. The SMILES string of the molecule is CCNC(C)(CO)CC(C)OCC. The quantitative estimate of drug-likeness (QED) is 0.631. The fourth-order valence-electron chi connectivity index (χ4n) is 1.60. The van der Waals surface area contributed by atoms with Gasteiger partial charge >= 0.3 is 0 Å². The first-order valence-corrected chi connectivity index (χ1v) is 5.05. The zero-order valence-electron chi connectivity index (χ0n) is 9.26. The molecule has 0 aliphatic heterocycles. The summed E-state index contributed by atoms with van der Waals surface area (Å²) in [6.07, 6.45) is 1.03. The first kappa shape index (κ1) is 12.9. The van der Waals surface area contributed by atoms with Crippen molar-refractivity contribution >= 4 is 0 Å². The van der Waals surface area contributed by atoms with Crippen LogP contribution in [-0.4, -0.2) is 36.5 Å². The molecule has 3 nitrogen and oxygen atoms in total. The van der Waals surface area contributed by atoms with Gasteiger partial charge in [-0.05, 0) is 33.7 Å². The zero-order valence-corrected chi connectivity index (χ0v) is 9.26. The van der Waals surface area contributed by atoms with Crippen LogP contribution in [0.3, 0.4) is 0 Å². The minimum Gasteiger partial charge on any atom is -0.394 e. The van der Waals surface area contributed by atoms with Crippen LogP contribution < -0.4 is 5.32 Å². The number of hydrogen-bond acceptors (Lipinski definition) is 3. The molecule has 0 rings (SSSR count). The van der Waals surface area contributed by atoms with Gasteiger partial charge < -0.3 is 15.2 Å². The van der Waals surface area contributed by atoms with Crippen molar-refractivity contribution in [2.24, 2.45) is 0 Å². The second-order valence-corrected chi connectivity index (χ2v) is 3.72. The molecule has 2 atom stereocenters. The van der Waals surface area contributed by atoms with Gasteiger partial charge in [-0.15, -0.1) is 0 Å². The van der Waals surface area contributed by atoms with Gasteiger partial charge in [0, 0.05) is 12.1 Å². The molecule has 0 aliphatic rings. The maximum absolute atomic E-state index is 9.22. The number of hydrogen-bond donors (Lipinski definition) is 2. The van der Waals surface area contributed by atoms with E-state index in [2.05, 4.69) is 5.32 Å². The van der Waals surface area contributed by atoms with E-state index >= 15 is 0 Å². The van der Waals surface area contributed by atoms with Crippen LogP contribution in [0.1, 0.15) is 34.1 Å². The van der Waals surface area contributed by atoms with E-state index in [0.717, 1.165) is 19.6 Å². The monoisotopic (exact) mass is 189 g/mol. The van der Waals surface area contributed by atoms with Crippen LogP contribution >= 0.6 is 0 Å². The van der Waals surface area contributed by atoms with Gasteiger partial charge in [0.1, 0.15) is 0 Å². The van der Waals surface area contributed by atoms with Crippen LogP contribution in [0.4, 0.5) is 0 Å². The molecular formula is C10H23NO2. The summed E-state index contributed by atoms with van der Waals surface area (Å²) in [6.45, 7) is 9.84. The summed E-state index contributed by atoms with van der Waals surface area (Å²) in [7, 11) is 0. The maximum atomic E-state index is 9.22. The van der Waals surface area contributed by atoms with Crippen molar-refractivity contribution in [2.75, 3.05) is 19.8 Å². The first-order valence-electron chi connectivity index (χ1n) is 5.05. The number of aliphatic hydroxyl groups is 1. The average Bonchev–Trinajstić information content (AvgIpc) is 2.05. The third-order valence-electron chi connectivity index (χ3n) is 2.14. The Morgan fingerprint density at radius 2 is 2.08 bits per heavy atom. The molecule has 0 aromatic heterocycles. The molecule has 80 valence electrons. The fourth-order valence-corrected chi connectivity index (χ4v) is 1.60. The number of rotatable bonds is 7. The third kappa shape index (κ3) is 5.24. The summed E-state index contributed by atoms with van der Waals surface area (Å²) < 4.78 is 5.43. The van der Waals surface area contributed by atoms with Gasteiger partial charge in [-0.1, -0.05) is 6.92 Å². The van der Waals surface area contributed by atoms with E-state index in [1.54, 1.807) is 0 Å². The lowest BCUT2D eigenvalue weighted by atomic mass is 9.96. The second-order valence-electron chi connectivity index (χ2n) is 3.72. The molecule has 0 bridgehead atoms. The molecule has 0 aromatic carbocycles. The molecule has 0 aliphatic carbocycles. The summed E-state index contributed by atoms with van der Waals surface area (Å²) in [5.41, 5.74) is -0.205. The Labute approximate surface area is 81.5 Å². The summed E-state index contributed by atoms with van der Waals surface area (Å²) in [6, 6.07) is 0. The molecule has 3 heteroatoms. The van der Waals surface area contributed by atoms with Gasteiger partial charge in [0.15, 0.2) is 0 Å². The lowest BCUT2D eigenvalue weighted by molar-refractivity contribution is 0.0356. The maximum Gasteiger partial charge on any atom is 0.0611 e. The Kier molecular flexibility index (Phi) is 6.29. The number of nitrogens with one attached hydrogen (secondary N) is 1. The van der Waals surface area contributed by atoms with Gasteiger partial charge in [0.25, 0.3) is 0 Å². The topological polar surface area (TPSA) is 41.5 Å². The molecule has 0 amide bonds. The van der Waals surface area contributed by atoms with Crippen LogP contribution in [0.25, 0.3) is 0 Å². The normalized spacial score (nSPS) is 18.2. The molecule has 0 saturated heterocycles. The van der Waals surface area contributed by atoms with Crippen molar-refractivity contribution in [3.8, 4) is 0 Å². The minimum absolute atomic E-state index is 0.151. The van der Waals surface area contributed by atoms with Crippen LogP contribution in [0.5, 0.6) is 0 Å². The summed E-state index contributed by atoms with van der Waals surface area (Å²) in [5.74, 6) is 0. The Bertz CT molecular complexity index is 130. The van der Waals surface area contributed by atoms with E-state index in [0.29, 0.717) is 0 Å². The van der Waals surface area contributed by atoms with Gasteiger partial charge in [-0.25, -0.2) is 0 Å². The highest BCUT2D eigenvalue weighted by Gasteiger charge is 2.24. The zero-order chi connectivity index (χ0) is 10.3.